The summed E-state index contributed by atoms with van der Waals surface area (Å²) in [5.74, 6) is 0.635. The molecule has 3 rings (SSSR count). The zero-order chi connectivity index (χ0) is 16.6. The lowest BCUT2D eigenvalue weighted by molar-refractivity contribution is 0.120. The molecule has 0 bridgehead atoms. The van der Waals surface area contributed by atoms with Crippen LogP contribution in [0.4, 0.5) is 4.39 Å². The number of nitrogens with zero attached hydrogens (tertiary/aromatic N) is 3. The Labute approximate surface area is 138 Å². The summed E-state index contributed by atoms with van der Waals surface area (Å²) >= 11 is 0. The number of halogens is 1. The van der Waals surface area contributed by atoms with Gasteiger partial charge in [-0.05, 0) is 77.1 Å². The zero-order valence-corrected chi connectivity index (χ0v) is 14.7. The van der Waals surface area contributed by atoms with Gasteiger partial charge < -0.3 is 9.47 Å². The first-order valence-corrected chi connectivity index (χ1v) is 8.58. The predicted molar refractivity (Wildman–Crippen MR) is 94.0 cm³/mol. The molecule has 1 aromatic heterocycles. The molecule has 1 saturated heterocycles. The molecule has 23 heavy (non-hydrogen) atoms. The third-order valence-corrected chi connectivity index (χ3v) is 5.62. The van der Waals surface area contributed by atoms with E-state index in [1.54, 1.807) is 12.1 Å². The van der Waals surface area contributed by atoms with Gasteiger partial charge in [0.05, 0.1) is 0 Å². The van der Waals surface area contributed by atoms with Crippen LogP contribution in [0.3, 0.4) is 0 Å². The quantitative estimate of drug-likeness (QED) is 0.855. The number of aryl methyl sites for hydroxylation is 1. The molecular weight excluding hydrogens is 289 g/mol. The molecule has 0 amide bonds. The molecule has 0 unspecified atom stereocenters. The summed E-state index contributed by atoms with van der Waals surface area (Å²) < 4.78 is 15.6. The van der Waals surface area contributed by atoms with Gasteiger partial charge in [0.1, 0.15) is 5.82 Å². The van der Waals surface area contributed by atoms with Crippen LogP contribution in [0.2, 0.25) is 0 Å². The lowest BCUT2D eigenvalue weighted by Gasteiger charge is -2.37. The monoisotopic (exact) mass is 317 g/mol. The minimum Gasteiger partial charge on any atom is -0.346 e. The Bertz CT molecular complexity index is 669. The van der Waals surface area contributed by atoms with Gasteiger partial charge in [-0.2, -0.15) is 0 Å². The normalized spacial score (nSPS) is 18.9. The molecule has 2 heterocycles. The third kappa shape index (κ3) is 3.43. The van der Waals surface area contributed by atoms with Crippen molar-refractivity contribution in [2.24, 2.45) is 13.0 Å². The van der Waals surface area contributed by atoms with Crippen molar-refractivity contribution in [3.8, 4) is 0 Å². The molecule has 4 heteroatoms. The number of fused-ring (bicyclic) bond motifs is 1. The highest BCUT2D eigenvalue weighted by Crippen LogP contribution is 2.26. The predicted octanol–water partition coefficient (Wildman–Crippen LogP) is 3.48. The van der Waals surface area contributed by atoms with Gasteiger partial charge in [0.25, 0.3) is 0 Å². The zero-order valence-electron chi connectivity index (χ0n) is 14.7. The molecule has 0 radical (unpaired) electrons. The number of benzene rings is 1. The number of piperidine rings is 1. The molecule has 1 aromatic carbocycles. The summed E-state index contributed by atoms with van der Waals surface area (Å²) in [5.41, 5.74) is 2.38. The van der Waals surface area contributed by atoms with E-state index in [4.69, 9.17) is 0 Å². The molecule has 0 aliphatic carbocycles. The average molecular weight is 317 g/mol. The largest absolute Gasteiger partial charge is 0.346 e. The topological polar surface area (TPSA) is 11.4 Å². The van der Waals surface area contributed by atoms with E-state index in [-0.39, 0.29) is 5.82 Å². The van der Waals surface area contributed by atoms with Crippen molar-refractivity contribution in [2.45, 2.75) is 32.4 Å². The number of hydrogen-bond acceptors (Lipinski definition) is 2. The minimum absolute atomic E-state index is 0.159. The molecule has 2 aromatic rings. The van der Waals surface area contributed by atoms with Crippen LogP contribution in [0.25, 0.3) is 10.9 Å². The van der Waals surface area contributed by atoms with E-state index >= 15 is 0 Å². The fourth-order valence-corrected chi connectivity index (χ4v) is 3.77. The van der Waals surface area contributed by atoms with Crippen molar-refractivity contribution in [1.82, 2.24) is 14.4 Å². The van der Waals surface area contributed by atoms with Crippen molar-refractivity contribution in [2.75, 3.05) is 27.2 Å². The van der Waals surface area contributed by atoms with Gasteiger partial charge >= 0.3 is 0 Å². The Morgan fingerprint density at radius 1 is 1.22 bits per heavy atom. The second-order valence-electron chi connectivity index (χ2n) is 7.22. The van der Waals surface area contributed by atoms with E-state index in [1.807, 2.05) is 6.07 Å². The van der Waals surface area contributed by atoms with Crippen LogP contribution in [-0.2, 0) is 13.6 Å². The first-order valence-electron chi connectivity index (χ1n) is 8.58. The van der Waals surface area contributed by atoms with E-state index in [2.05, 4.69) is 48.5 Å². The Morgan fingerprint density at radius 3 is 2.57 bits per heavy atom. The van der Waals surface area contributed by atoms with Crippen LogP contribution in [0.1, 0.15) is 25.5 Å². The highest BCUT2D eigenvalue weighted by molar-refractivity contribution is 5.81. The molecule has 0 N–H and O–H groups in total. The van der Waals surface area contributed by atoms with Crippen LogP contribution < -0.4 is 0 Å². The summed E-state index contributed by atoms with van der Waals surface area (Å²) in [6, 6.07) is 7.83. The molecule has 0 saturated carbocycles. The van der Waals surface area contributed by atoms with Crippen molar-refractivity contribution < 1.29 is 4.39 Å². The smallest absolute Gasteiger partial charge is 0.123 e. The van der Waals surface area contributed by atoms with E-state index < -0.39 is 0 Å². The molecule has 1 aliphatic rings. The first-order chi connectivity index (χ1) is 11.0. The molecule has 0 spiro atoms. The van der Waals surface area contributed by atoms with Gasteiger partial charge in [-0.15, -0.1) is 0 Å². The highest BCUT2D eigenvalue weighted by atomic mass is 19.1. The number of likely N-dealkylation sites (tertiary alicyclic amines) is 1. The van der Waals surface area contributed by atoms with Crippen molar-refractivity contribution in [1.29, 1.82) is 0 Å². The maximum atomic E-state index is 13.4. The lowest BCUT2D eigenvalue weighted by atomic mass is 9.90. The van der Waals surface area contributed by atoms with Gasteiger partial charge in [0.2, 0.25) is 0 Å². The average Bonchev–Trinajstić information content (AvgIpc) is 2.82. The fourth-order valence-electron chi connectivity index (χ4n) is 3.77. The number of aromatic nitrogens is 1. The van der Waals surface area contributed by atoms with E-state index in [9.17, 15) is 4.39 Å². The van der Waals surface area contributed by atoms with Crippen LogP contribution in [0, 0.1) is 11.7 Å². The summed E-state index contributed by atoms with van der Waals surface area (Å²) in [5, 5.41) is 0.999. The SMILES string of the molecule is C[C@@H](C1CCN(Cc2cc3cc(F)ccc3n2C)CC1)N(C)C. The van der Waals surface area contributed by atoms with Crippen LogP contribution in [0.5, 0.6) is 0 Å². The lowest BCUT2D eigenvalue weighted by Crippen LogP contribution is -2.41. The van der Waals surface area contributed by atoms with E-state index in [0.29, 0.717) is 6.04 Å². The van der Waals surface area contributed by atoms with Crippen LogP contribution in [-0.4, -0.2) is 47.6 Å². The number of rotatable bonds is 4. The molecule has 3 nitrogen and oxygen atoms in total. The van der Waals surface area contributed by atoms with E-state index in [1.165, 1.54) is 18.5 Å². The second-order valence-corrected chi connectivity index (χ2v) is 7.22. The van der Waals surface area contributed by atoms with Crippen LogP contribution in [0.15, 0.2) is 24.3 Å². The molecular formula is C19H28FN3. The molecule has 1 aliphatic heterocycles. The maximum absolute atomic E-state index is 13.4. The Balaban J connectivity index is 1.66. The van der Waals surface area contributed by atoms with Gasteiger partial charge in [-0.1, -0.05) is 0 Å². The van der Waals surface area contributed by atoms with Gasteiger partial charge in [-0.25, -0.2) is 4.39 Å². The summed E-state index contributed by atoms with van der Waals surface area (Å²) in [4.78, 5) is 4.86. The second kappa shape index (κ2) is 6.62. The van der Waals surface area contributed by atoms with Crippen molar-refractivity contribution in [3.05, 3.63) is 35.8 Å². The maximum Gasteiger partial charge on any atom is 0.123 e. The Kier molecular flexibility index (Phi) is 4.74. The summed E-state index contributed by atoms with van der Waals surface area (Å²) in [7, 11) is 6.42. The number of hydrogen-bond donors (Lipinski definition) is 0. The molecule has 1 fully saturated rings. The summed E-state index contributed by atoms with van der Waals surface area (Å²) in [6.45, 7) is 5.59. The standard InChI is InChI=1S/C19H28FN3/c1-14(21(2)3)15-7-9-23(10-8-15)13-18-12-16-11-17(20)5-6-19(16)22(18)4/h5-6,11-12,14-15H,7-10,13H2,1-4H3/t14-/m0/s1. The third-order valence-electron chi connectivity index (χ3n) is 5.62. The van der Waals surface area contributed by atoms with Crippen molar-refractivity contribution >= 4 is 10.9 Å². The first kappa shape index (κ1) is 16.5. The minimum atomic E-state index is -0.159. The highest BCUT2D eigenvalue weighted by Gasteiger charge is 2.25. The van der Waals surface area contributed by atoms with Crippen LogP contribution >= 0.6 is 0 Å². The summed E-state index contributed by atoms with van der Waals surface area (Å²) in [6.07, 6.45) is 2.52. The Hall–Kier alpha value is -1.39. The Morgan fingerprint density at radius 2 is 1.91 bits per heavy atom. The molecule has 1 atom stereocenters. The van der Waals surface area contributed by atoms with Crippen molar-refractivity contribution in [3.63, 3.8) is 0 Å². The van der Waals surface area contributed by atoms with E-state index in [0.717, 1.165) is 36.5 Å². The van der Waals surface area contributed by atoms with Gasteiger partial charge in [0.15, 0.2) is 0 Å². The fraction of sp³-hybridized carbons (Fsp3) is 0.579. The van der Waals surface area contributed by atoms with Gasteiger partial charge in [0, 0.05) is 36.2 Å². The van der Waals surface area contributed by atoms with Gasteiger partial charge in [-0.3, -0.25) is 4.90 Å². The molecule has 126 valence electrons.